The van der Waals surface area contributed by atoms with Crippen LogP contribution in [0.25, 0.3) is 0 Å². The largest absolute Gasteiger partial charge is 0.366 e. The highest BCUT2D eigenvalue weighted by molar-refractivity contribution is 5.91. The van der Waals surface area contributed by atoms with Gasteiger partial charge in [0.25, 0.3) is 0 Å². The number of amides is 1. The third-order valence-corrected chi connectivity index (χ3v) is 2.27. The number of primary amides is 1. The van der Waals surface area contributed by atoms with E-state index in [0.717, 1.165) is 5.57 Å². The Bertz CT molecular complexity index is 178. The number of hydrogen-bond acceptors (Lipinski definition) is 1. The predicted octanol–water partition coefficient (Wildman–Crippen LogP) is 1.61. The summed E-state index contributed by atoms with van der Waals surface area (Å²) in [4.78, 5) is 10.6. The second-order valence-electron chi connectivity index (χ2n) is 3.26. The van der Waals surface area contributed by atoms with Crippen molar-refractivity contribution in [2.24, 2.45) is 11.7 Å². The normalized spacial score (nSPS) is 20.6. The van der Waals surface area contributed by atoms with Gasteiger partial charge in [0.1, 0.15) is 0 Å². The number of nitrogens with two attached hydrogens (primary N) is 1. The van der Waals surface area contributed by atoms with Gasteiger partial charge >= 0.3 is 0 Å². The van der Waals surface area contributed by atoms with Crippen LogP contribution in [-0.2, 0) is 4.79 Å². The van der Waals surface area contributed by atoms with Crippen LogP contribution in [0.5, 0.6) is 0 Å². The fourth-order valence-electron chi connectivity index (χ4n) is 1.56. The zero-order chi connectivity index (χ0) is 8.27. The van der Waals surface area contributed by atoms with Crippen LogP contribution in [0.1, 0.15) is 32.6 Å². The van der Waals surface area contributed by atoms with E-state index < -0.39 is 0 Å². The van der Waals surface area contributed by atoms with E-state index in [0.29, 0.717) is 5.92 Å². The average Bonchev–Trinajstić information content (AvgIpc) is 2.39. The fourth-order valence-corrected chi connectivity index (χ4v) is 1.56. The number of carbonyl (C=O) groups is 1. The molecule has 1 saturated carbocycles. The molecule has 2 N–H and O–H groups in total. The van der Waals surface area contributed by atoms with Gasteiger partial charge in [-0.3, -0.25) is 4.79 Å². The monoisotopic (exact) mass is 153 g/mol. The third kappa shape index (κ3) is 2.37. The van der Waals surface area contributed by atoms with Gasteiger partial charge in [0.2, 0.25) is 5.91 Å². The first-order valence-corrected chi connectivity index (χ1v) is 4.18. The Morgan fingerprint density at radius 2 is 2.00 bits per heavy atom. The van der Waals surface area contributed by atoms with Crippen LogP contribution in [0.15, 0.2) is 11.6 Å². The molecule has 0 heterocycles. The minimum absolute atomic E-state index is 0.281. The highest BCUT2D eigenvalue weighted by Crippen LogP contribution is 2.26. The maximum absolute atomic E-state index is 10.6. The van der Waals surface area contributed by atoms with E-state index in [1.165, 1.54) is 25.7 Å². The minimum Gasteiger partial charge on any atom is -0.366 e. The van der Waals surface area contributed by atoms with Gasteiger partial charge in [-0.2, -0.15) is 0 Å². The zero-order valence-electron chi connectivity index (χ0n) is 6.97. The summed E-state index contributed by atoms with van der Waals surface area (Å²) in [5.41, 5.74) is 5.83. The lowest BCUT2D eigenvalue weighted by Crippen LogP contribution is -2.12. The predicted molar refractivity (Wildman–Crippen MR) is 44.9 cm³/mol. The van der Waals surface area contributed by atoms with E-state index >= 15 is 0 Å². The number of allylic oxidation sites excluding steroid dienone is 1. The molecule has 0 bridgehead atoms. The summed E-state index contributed by atoms with van der Waals surface area (Å²) in [6.45, 7) is 1.79. The van der Waals surface area contributed by atoms with Crippen molar-refractivity contribution in [2.75, 3.05) is 0 Å². The lowest BCUT2D eigenvalue weighted by atomic mass is 10.0. The minimum atomic E-state index is -0.281. The smallest absolute Gasteiger partial charge is 0.244 e. The van der Waals surface area contributed by atoms with Crippen molar-refractivity contribution < 1.29 is 4.79 Å². The van der Waals surface area contributed by atoms with E-state index in [1.807, 2.05) is 6.08 Å². The van der Waals surface area contributed by atoms with Gasteiger partial charge in [-0.15, -0.1) is 0 Å². The summed E-state index contributed by atoms with van der Waals surface area (Å²) in [7, 11) is 0. The maximum Gasteiger partial charge on any atom is 0.244 e. The molecule has 0 radical (unpaired) electrons. The molecule has 1 aliphatic carbocycles. The molecule has 62 valence electrons. The molecule has 1 amide bonds. The average molecular weight is 153 g/mol. The zero-order valence-corrected chi connectivity index (χ0v) is 6.97. The van der Waals surface area contributed by atoms with Crippen LogP contribution in [0.3, 0.4) is 0 Å². The highest BCUT2D eigenvalue weighted by Gasteiger charge is 2.13. The molecule has 2 heteroatoms. The van der Waals surface area contributed by atoms with Crippen molar-refractivity contribution in [3.63, 3.8) is 0 Å². The number of hydrogen-bond donors (Lipinski definition) is 1. The molecule has 0 unspecified atom stereocenters. The molecule has 1 rings (SSSR count). The molecule has 1 fully saturated rings. The van der Waals surface area contributed by atoms with E-state index in [1.54, 1.807) is 6.92 Å². The van der Waals surface area contributed by atoms with Crippen LogP contribution in [0.2, 0.25) is 0 Å². The van der Waals surface area contributed by atoms with E-state index in [-0.39, 0.29) is 5.91 Å². The Hall–Kier alpha value is -0.790. The second kappa shape index (κ2) is 3.56. The molecule has 0 spiro atoms. The topological polar surface area (TPSA) is 43.1 Å². The number of carbonyl (C=O) groups excluding carboxylic acids is 1. The molecule has 1 aliphatic rings. The quantitative estimate of drug-likeness (QED) is 0.602. The molecule has 2 nitrogen and oxygen atoms in total. The molecule has 0 atom stereocenters. The van der Waals surface area contributed by atoms with E-state index in [2.05, 4.69) is 0 Å². The van der Waals surface area contributed by atoms with Gasteiger partial charge in [-0.25, -0.2) is 0 Å². The Balaban J connectivity index is 2.49. The van der Waals surface area contributed by atoms with Crippen molar-refractivity contribution in [1.29, 1.82) is 0 Å². The van der Waals surface area contributed by atoms with Crippen LogP contribution < -0.4 is 5.73 Å². The Morgan fingerprint density at radius 1 is 1.45 bits per heavy atom. The van der Waals surface area contributed by atoms with Crippen molar-refractivity contribution in [3.05, 3.63) is 11.6 Å². The lowest BCUT2D eigenvalue weighted by molar-refractivity contribution is -0.114. The first kappa shape index (κ1) is 8.31. The second-order valence-corrected chi connectivity index (χ2v) is 3.26. The van der Waals surface area contributed by atoms with Crippen molar-refractivity contribution in [1.82, 2.24) is 0 Å². The maximum atomic E-state index is 10.6. The standard InChI is InChI=1S/C9H15NO/c1-7(9(10)11)6-8-4-2-3-5-8/h6,8H,2-5H2,1H3,(H2,10,11). The van der Waals surface area contributed by atoms with Gasteiger partial charge in [0.05, 0.1) is 0 Å². The molecule has 0 aromatic rings. The van der Waals surface area contributed by atoms with Crippen molar-refractivity contribution in [2.45, 2.75) is 32.6 Å². The molecule has 0 aromatic heterocycles. The summed E-state index contributed by atoms with van der Waals surface area (Å²) in [5, 5.41) is 0. The summed E-state index contributed by atoms with van der Waals surface area (Å²) in [6.07, 6.45) is 7.07. The molecular weight excluding hydrogens is 138 g/mol. The SMILES string of the molecule is CC(=CC1CCCC1)C(N)=O. The number of rotatable bonds is 2. The summed E-state index contributed by atoms with van der Waals surface area (Å²) >= 11 is 0. The highest BCUT2D eigenvalue weighted by atomic mass is 16.1. The molecular formula is C9H15NO. The van der Waals surface area contributed by atoms with Gasteiger partial charge in [-0.05, 0) is 25.7 Å². The molecule has 0 saturated heterocycles. The molecule has 0 aromatic carbocycles. The fraction of sp³-hybridized carbons (Fsp3) is 0.667. The summed E-state index contributed by atoms with van der Waals surface area (Å²) < 4.78 is 0. The Morgan fingerprint density at radius 3 is 2.45 bits per heavy atom. The lowest BCUT2D eigenvalue weighted by Gasteiger charge is -2.01. The van der Waals surface area contributed by atoms with Crippen LogP contribution >= 0.6 is 0 Å². The Labute approximate surface area is 67.5 Å². The molecule has 0 aliphatic heterocycles. The van der Waals surface area contributed by atoms with Gasteiger partial charge < -0.3 is 5.73 Å². The van der Waals surface area contributed by atoms with Crippen LogP contribution in [-0.4, -0.2) is 5.91 Å². The Kier molecular flexibility index (Phi) is 2.69. The first-order chi connectivity index (χ1) is 5.20. The van der Waals surface area contributed by atoms with Crippen molar-refractivity contribution >= 4 is 5.91 Å². The summed E-state index contributed by atoms with van der Waals surface area (Å²) in [6, 6.07) is 0. The first-order valence-electron chi connectivity index (χ1n) is 4.18. The van der Waals surface area contributed by atoms with Crippen molar-refractivity contribution in [3.8, 4) is 0 Å². The van der Waals surface area contributed by atoms with Crippen LogP contribution in [0, 0.1) is 5.92 Å². The third-order valence-electron chi connectivity index (χ3n) is 2.27. The van der Waals surface area contributed by atoms with Gasteiger partial charge in [0.15, 0.2) is 0 Å². The summed E-state index contributed by atoms with van der Waals surface area (Å²) in [5.74, 6) is 0.333. The van der Waals surface area contributed by atoms with E-state index in [9.17, 15) is 4.79 Å². The van der Waals surface area contributed by atoms with Gasteiger partial charge in [0, 0.05) is 5.57 Å². The van der Waals surface area contributed by atoms with E-state index in [4.69, 9.17) is 5.73 Å². The van der Waals surface area contributed by atoms with Gasteiger partial charge in [-0.1, -0.05) is 18.9 Å². The molecule has 11 heavy (non-hydrogen) atoms. The van der Waals surface area contributed by atoms with Crippen LogP contribution in [0.4, 0.5) is 0 Å².